The van der Waals surface area contributed by atoms with Crippen molar-refractivity contribution < 1.29 is 9.50 Å². The van der Waals surface area contributed by atoms with E-state index in [9.17, 15) is 14.3 Å². The zero-order valence-electron chi connectivity index (χ0n) is 10.1. The molecule has 94 valence electrons. The summed E-state index contributed by atoms with van der Waals surface area (Å²) in [7, 11) is 0. The van der Waals surface area contributed by atoms with Crippen molar-refractivity contribution >= 4 is 0 Å². The van der Waals surface area contributed by atoms with Gasteiger partial charge in [0.15, 0.2) is 0 Å². The molecule has 0 unspecified atom stereocenters. The number of aromatic hydroxyl groups is 1. The Morgan fingerprint density at radius 3 is 2.44 bits per heavy atom. The number of halogens is 1. The second-order valence-electron chi connectivity index (χ2n) is 4.58. The fourth-order valence-electron chi connectivity index (χ4n) is 1.74. The van der Waals surface area contributed by atoms with E-state index in [4.69, 9.17) is 0 Å². The summed E-state index contributed by atoms with van der Waals surface area (Å²) < 4.78 is 12.9. The van der Waals surface area contributed by atoms with Crippen LogP contribution in [0.4, 0.5) is 4.39 Å². The summed E-state index contributed by atoms with van der Waals surface area (Å²) in [5.41, 5.74) is -0.267. The van der Waals surface area contributed by atoms with E-state index in [1.165, 1.54) is 12.1 Å². The minimum Gasteiger partial charge on any atom is -0.493 e. The van der Waals surface area contributed by atoms with E-state index in [1.54, 1.807) is 12.1 Å². The molecule has 4 nitrogen and oxygen atoms in total. The van der Waals surface area contributed by atoms with E-state index in [0.717, 1.165) is 11.6 Å². The molecule has 18 heavy (non-hydrogen) atoms. The quantitative estimate of drug-likeness (QED) is 0.853. The molecule has 2 aromatic rings. The van der Waals surface area contributed by atoms with Crippen LogP contribution in [-0.2, 0) is 5.41 Å². The van der Waals surface area contributed by atoms with Crippen LogP contribution in [0.15, 0.2) is 35.1 Å². The van der Waals surface area contributed by atoms with E-state index in [-0.39, 0.29) is 11.7 Å². The van der Waals surface area contributed by atoms with E-state index < -0.39 is 11.0 Å². The Hall–Kier alpha value is -2.17. The number of H-pyrrole nitrogens is 1. The van der Waals surface area contributed by atoms with Gasteiger partial charge in [-0.3, -0.25) is 4.79 Å². The molecule has 0 spiro atoms. The van der Waals surface area contributed by atoms with Crippen molar-refractivity contribution in [3.05, 3.63) is 57.9 Å². The van der Waals surface area contributed by atoms with Crippen molar-refractivity contribution in [1.82, 2.24) is 9.97 Å². The van der Waals surface area contributed by atoms with Gasteiger partial charge in [-0.05, 0) is 31.5 Å². The Morgan fingerprint density at radius 2 is 1.89 bits per heavy atom. The van der Waals surface area contributed by atoms with Gasteiger partial charge in [0.25, 0.3) is 5.56 Å². The molecule has 0 aliphatic carbocycles. The average Bonchev–Trinajstić information content (AvgIpc) is 2.28. The van der Waals surface area contributed by atoms with Crippen LogP contribution in [-0.4, -0.2) is 15.1 Å². The highest BCUT2D eigenvalue weighted by Gasteiger charge is 2.26. The molecule has 0 aliphatic heterocycles. The third kappa shape index (κ3) is 2.25. The summed E-state index contributed by atoms with van der Waals surface area (Å²) >= 11 is 0. The molecule has 0 saturated heterocycles. The lowest BCUT2D eigenvalue weighted by Gasteiger charge is -2.24. The first-order valence-electron chi connectivity index (χ1n) is 5.46. The summed E-state index contributed by atoms with van der Waals surface area (Å²) in [5.74, 6) is -0.324. The smallest absolute Gasteiger partial charge is 0.254 e. The zero-order chi connectivity index (χ0) is 13.3. The van der Waals surface area contributed by atoms with Crippen molar-refractivity contribution in [3.63, 3.8) is 0 Å². The molecule has 1 aromatic carbocycles. The van der Waals surface area contributed by atoms with Crippen molar-refractivity contribution in [2.45, 2.75) is 19.3 Å². The minimum atomic E-state index is -0.633. The van der Waals surface area contributed by atoms with Gasteiger partial charge in [-0.2, -0.15) is 4.98 Å². The molecule has 0 amide bonds. The van der Waals surface area contributed by atoms with E-state index in [2.05, 4.69) is 9.97 Å². The number of rotatable bonds is 2. The molecule has 0 radical (unpaired) electrons. The largest absolute Gasteiger partial charge is 0.493 e. The lowest BCUT2D eigenvalue weighted by molar-refractivity contribution is 0.439. The molecular weight excluding hydrogens is 235 g/mol. The Morgan fingerprint density at radius 1 is 1.28 bits per heavy atom. The van der Waals surface area contributed by atoms with Gasteiger partial charge in [0.05, 0.1) is 6.07 Å². The molecule has 0 aliphatic rings. The molecule has 2 N–H and O–H groups in total. The first-order chi connectivity index (χ1) is 8.39. The van der Waals surface area contributed by atoms with Crippen LogP contribution < -0.4 is 5.56 Å². The summed E-state index contributed by atoms with van der Waals surface area (Å²) in [6, 6.07) is 6.94. The van der Waals surface area contributed by atoms with E-state index in [1.807, 2.05) is 13.8 Å². The Labute approximate surface area is 103 Å². The number of nitrogens with zero attached hydrogens (tertiary/aromatic N) is 1. The summed E-state index contributed by atoms with van der Waals surface area (Å²) in [6.45, 7) is 3.66. The SMILES string of the molecule is CC(C)(c1ccc(F)cc1)c1nc(O)cc(=O)[nH]1. The standard InChI is InChI=1S/C13H13FN2O2/c1-13(2,8-3-5-9(14)6-4-8)12-15-10(17)7-11(18)16-12/h3-7H,1-2H3,(H2,15,16,17,18). The highest BCUT2D eigenvalue weighted by atomic mass is 19.1. The van der Waals surface area contributed by atoms with Crippen LogP contribution in [0, 0.1) is 5.82 Å². The van der Waals surface area contributed by atoms with Gasteiger partial charge >= 0.3 is 0 Å². The first kappa shape index (κ1) is 12.3. The fraction of sp³-hybridized carbons (Fsp3) is 0.231. The maximum Gasteiger partial charge on any atom is 0.254 e. The number of nitrogens with one attached hydrogen (secondary N) is 1. The highest BCUT2D eigenvalue weighted by molar-refractivity contribution is 5.31. The molecule has 0 bridgehead atoms. The lowest BCUT2D eigenvalue weighted by atomic mass is 9.84. The predicted octanol–water partition coefficient (Wildman–Crippen LogP) is 1.94. The lowest BCUT2D eigenvalue weighted by Crippen LogP contribution is -2.25. The molecule has 5 heteroatoms. The Kier molecular flexibility index (Phi) is 2.90. The number of aromatic amines is 1. The Bertz CT molecular complexity index is 618. The second-order valence-corrected chi connectivity index (χ2v) is 4.58. The molecule has 0 atom stereocenters. The van der Waals surface area contributed by atoms with Crippen LogP contribution in [0.25, 0.3) is 0 Å². The van der Waals surface area contributed by atoms with Gasteiger partial charge in [-0.25, -0.2) is 4.39 Å². The van der Waals surface area contributed by atoms with Crippen LogP contribution in [0.2, 0.25) is 0 Å². The second kappa shape index (κ2) is 4.25. The Balaban J connectivity index is 2.53. The van der Waals surface area contributed by atoms with Crippen molar-refractivity contribution in [2.75, 3.05) is 0 Å². The maximum atomic E-state index is 12.9. The first-order valence-corrected chi connectivity index (χ1v) is 5.46. The van der Waals surface area contributed by atoms with Crippen LogP contribution in [0.1, 0.15) is 25.2 Å². The predicted molar refractivity (Wildman–Crippen MR) is 65.1 cm³/mol. The normalized spacial score (nSPS) is 11.5. The van der Waals surface area contributed by atoms with Crippen molar-refractivity contribution in [3.8, 4) is 5.88 Å². The van der Waals surface area contributed by atoms with E-state index in [0.29, 0.717) is 5.82 Å². The van der Waals surface area contributed by atoms with Gasteiger partial charge in [0.1, 0.15) is 11.6 Å². The van der Waals surface area contributed by atoms with E-state index >= 15 is 0 Å². The monoisotopic (exact) mass is 248 g/mol. The van der Waals surface area contributed by atoms with Crippen LogP contribution in [0.5, 0.6) is 5.88 Å². The fourth-order valence-corrected chi connectivity index (χ4v) is 1.74. The van der Waals surface area contributed by atoms with Gasteiger partial charge in [-0.1, -0.05) is 12.1 Å². The molecule has 0 fully saturated rings. The van der Waals surface area contributed by atoms with Gasteiger partial charge in [0.2, 0.25) is 5.88 Å². The number of hydrogen-bond donors (Lipinski definition) is 2. The average molecular weight is 248 g/mol. The van der Waals surface area contributed by atoms with Crippen LogP contribution in [0.3, 0.4) is 0 Å². The van der Waals surface area contributed by atoms with Crippen molar-refractivity contribution in [1.29, 1.82) is 0 Å². The maximum absolute atomic E-state index is 12.9. The molecular formula is C13H13FN2O2. The molecule has 1 heterocycles. The summed E-state index contributed by atoms with van der Waals surface area (Å²) in [5, 5.41) is 9.36. The highest BCUT2D eigenvalue weighted by Crippen LogP contribution is 2.28. The third-order valence-electron chi connectivity index (χ3n) is 2.89. The number of hydrogen-bond acceptors (Lipinski definition) is 3. The minimum absolute atomic E-state index is 0.327. The van der Waals surface area contributed by atoms with Crippen molar-refractivity contribution in [2.24, 2.45) is 0 Å². The summed E-state index contributed by atoms with van der Waals surface area (Å²) in [4.78, 5) is 17.8. The van der Waals surface area contributed by atoms with Gasteiger partial charge < -0.3 is 10.1 Å². The number of benzene rings is 1. The number of aromatic nitrogens is 2. The zero-order valence-corrected chi connectivity index (χ0v) is 10.1. The van der Waals surface area contributed by atoms with Gasteiger partial charge in [0, 0.05) is 5.41 Å². The third-order valence-corrected chi connectivity index (χ3v) is 2.89. The molecule has 0 saturated carbocycles. The molecule has 2 rings (SSSR count). The summed E-state index contributed by atoms with van der Waals surface area (Å²) in [6.07, 6.45) is 0. The van der Waals surface area contributed by atoms with Gasteiger partial charge in [-0.15, -0.1) is 0 Å². The van der Waals surface area contributed by atoms with Crippen LogP contribution >= 0.6 is 0 Å². The topological polar surface area (TPSA) is 66.0 Å². The molecule has 1 aromatic heterocycles.